The van der Waals surface area contributed by atoms with Crippen LogP contribution in [0, 0.1) is 12.8 Å². The molecule has 2 amide bonds. The first-order chi connectivity index (χ1) is 11.1. The Morgan fingerprint density at radius 3 is 2.43 bits per heavy atom. The zero-order valence-electron chi connectivity index (χ0n) is 13.1. The highest BCUT2D eigenvalue weighted by atomic mass is 16.2. The molecule has 0 saturated heterocycles. The monoisotopic (exact) mass is 308 g/mol. The summed E-state index contributed by atoms with van der Waals surface area (Å²) in [6.45, 7) is 2.49. The van der Waals surface area contributed by atoms with Gasteiger partial charge in [0, 0.05) is 12.5 Å². The predicted octanol–water partition coefficient (Wildman–Crippen LogP) is 3.27. The van der Waals surface area contributed by atoms with Crippen LogP contribution in [-0.2, 0) is 11.3 Å². The van der Waals surface area contributed by atoms with Crippen molar-refractivity contribution < 1.29 is 9.59 Å². The van der Waals surface area contributed by atoms with Gasteiger partial charge in [-0.3, -0.25) is 9.59 Å². The van der Waals surface area contributed by atoms with Gasteiger partial charge in [0.25, 0.3) is 5.91 Å². The summed E-state index contributed by atoms with van der Waals surface area (Å²) in [5.41, 5.74) is 3.30. The second kappa shape index (κ2) is 6.65. The molecule has 2 N–H and O–H groups in total. The maximum atomic E-state index is 12.4. The summed E-state index contributed by atoms with van der Waals surface area (Å²) < 4.78 is 0. The number of hydrogen-bond acceptors (Lipinski definition) is 2. The van der Waals surface area contributed by atoms with Crippen molar-refractivity contribution in [2.75, 3.05) is 5.32 Å². The Bertz CT molecular complexity index is 718. The second-order valence-corrected chi connectivity index (χ2v) is 5.98. The zero-order valence-corrected chi connectivity index (χ0v) is 13.1. The van der Waals surface area contributed by atoms with Gasteiger partial charge in [-0.15, -0.1) is 0 Å². The number of nitrogens with one attached hydrogen (secondary N) is 2. The number of para-hydroxylation sites is 1. The highest BCUT2D eigenvalue weighted by molar-refractivity contribution is 6.04. The molecule has 23 heavy (non-hydrogen) atoms. The summed E-state index contributed by atoms with van der Waals surface area (Å²) in [4.78, 5) is 24.3. The van der Waals surface area contributed by atoms with Crippen LogP contribution in [0.2, 0.25) is 0 Å². The Kier molecular flexibility index (Phi) is 4.42. The minimum Gasteiger partial charge on any atom is -0.348 e. The van der Waals surface area contributed by atoms with E-state index in [1.54, 1.807) is 18.2 Å². The van der Waals surface area contributed by atoms with Gasteiger partial charge in [-0.05, 0) is 37.5 Å². The van der Waals surface area contributed by atoms with Gasteiger partial charge in [0.1, 0.15) is 0 Å². The zero-order chi connectivity index (χ0) is 16.2. The van der Waals surface area contributed by atoms with E-state index in [9.17, 15) is 9.59 Å². The summed E-state index contributed by atoms with van der Waals surface area (Å²) in [5, 5.41) is 5.76. The van der Waals surface area contributed by atoms with Crippen molar-refractivity contribution in [3.63, 3.8) is 0 Å². The fourth-order valence-corrected chi connectivity index (χ4v) is 2.35. The van der Waals surface area contributed by atoms with Gasteiger partial charge in [-0.1, -0.05) is 42.0 Å². The molecule has 1 aliphatic rings. The molecule has 4 heteroatoms. The van der Waals surface area contributed by atoms with Gasteiger partial charge in [0.05, 0.1) is 11.3 Å². The molecule has 1 fully saturated rings. The first-order valence-electron chi connectivity index (χ1n) is 7.87. The molecule has 0 aromatic heterocycles. The van der Waals surface area contributed by atoms with Crippen molar-refractivity contribution in [2.45, 2.75) is 26.3 Å². The molecule has 0 atom stereocenters. The number of benzene rings is 2. The van der Waals surface area contributed by atoms with Crippen molar-refractivity contribution in [1.82, 2.24) is 5.32 Å². The minimum absolute atomic E-state index is 0.00350. The maximum Gasteiger partial charge on any atom is 0.253 e. The highest BCUT2D eigenvalue weighted by Crippen LogP contribution is 2.30. The topological polar surface area (TPSA) is 58.2 Å². The van der Waals surface area contributed by atoms with Crippen LogP contribution in [0.1, 0.15) is 34.3 Å². The Labute approximate surface area is 135 Å². The molecular formula is C19H20N2O2. The van der Waals surface area contributed by atoms with Crippen molar-refractivity contribution >= 4 is 17.5 Å². The molecular weight excluding hydrogens is 288 g/mol. The number of rotatable bonds is 5. The summed E-state index contributed by atoms with van der Waals surface area (Å²) in [5.74, 6) is -0.0697. The molecule has 0 aliphatic heterocycles. The first kappa shape index (κ1) is 15.3. The molecule has 0 heterocycles. The Morgan fingerprint density at radius 1 is 1.04 bits per heavy atom. The van der Waals surface area contributed by atoms with E-state index in [4.69, 9.17) is 0 Å². The van der Waals surface area contributed by atoms with Crippen LogP contribution < -0.4 is 10.6 Å². The number of aryl methyl sites for hydroxylation is 1. The van der Waals surface area contributed by atoms with E-state index in [1.165, 1.54) is 5.56 Å². The van der Waals surface area contributed by atoms with Crippen LogP contribution in [0.25, 0.3) is 0 Å². The van der Waals surface area contributed by atoms with Gasteiger partial charge in [0.15, 0.2) is 0 Å². The average Bonchev–Trinajstić information content (AvgIpc) is 3.39. The molecule has 4 nitrogen and oxygen atoms in total. The molecule has 2 aromatic carbocycles. The van der Waals surface area contributed by atoms with Crippen LogP contribution in [0.15, 0.2) is 48.5 Å². The lowest BCUT2D eigenvalue weighted by Gasteiger charge is -2.11. The van der Waals surface area contributed by atoms with Gasteiger partial charge >= 0.3 is 0 Å². The van der Waals surface area contributed by atoms with Gasteiger partial charge < -0.3 is 10.6 Å². The molecule has 2 aromatic rings. The van der Waals surface area contributed by atoms with Crippen molar-refractivity contribution in [1.29, 1.82) is 0 Å². The van der Waals surface area contributed by atoms with E-state index in [0.717, 1.165) is 18.4 Å². The fraction of sp³-hybridized carbons (Fsp3) is 0.263. The van der Waals surface area contributed by atoms with E-state index in [2.05, 4.69) is 10.6 Å². The van der Waals surface area contributed by atoms with Gasteiger partial charge in [0.2, 0.25) is 5.91 Å². The molecule has 0 unspecified atom stereocenters. The predicted molar refractivity (Wildman–Crippen MR) is 90.1 cm³/mol. The van der Waals surface area contributed by atoms with Gasteiger partial charge in [-0.2, -0.15) is 0 Å². The largest absolute Gasteiger partial charge is 0.348 e. The third-order valence-electron chi connectivity index (χ3n) is 3.95. The highest BCUT2D eigenvalue weighted by Gasteiger charge is 2.30. The molecule has 0 radical (unpaired) electrons. The number of amides is 2. The number of carbonyl (C=O) groups excluding carboxylic acids is 2. The standard InChI is InChI=1S/C19H20N2O2/c1-13-6-8-14(9-7-13)12-20-19(23)16-4-2-3-5-17(16)21-18(22)15-10-11-15/h2-9,15H,10-12H2,1H3,(H,20,23)(H,21,22). The van der Waals surface area contributed by atoms with Crippen LogP contribution in [0.3, 0.4) is 0 Å². The Hall–Kier alpha value is -2.62. The lowest BCUT2D eigenvalue weighted by Crippen LogP contribution is -2.25. The fourth-order valence-electron chi connectivity index (χ4n) is 2.35. The van der Waals surface area contributed by atoms with E-state index in [1.807, 2.05) is 37.3 Å². The van der Waals surface area contributed by atoms with E-state index < -0.39 is 0 Å². The smallest absolute Gasteiger partial charge is 0.253 e. The van der Waals surface area contributed by atoms with E-state index >= 15 is 0 Å². The molecule has 0 bridgehead atoms. The van der Waals surface area contributed by atoms with Crippen LogP contribution >= 0.6 is 0 Å². The quantitative estimate of drug-likeness (QED) is 0.890. The summed E-state index contributed by atoms with van der Waals surface area (Å²) >= 11 is 0. The van der Waals surface area contributed by atoms with E-state index in [-0.39, 0.29) is 17.7 Å². The van der Waals surface area contributed by atoms with E-state index in [0.29, 0.717) is 17.8 Å². The normalized spacial score (nSPS) is 13.4. The number of hydrogen-bond donors (Lipinski definition) is 2. The lowest BCUT2D eigenvalue weighted by molar-refractivity contribution is -0.117. The number of anilines is 1. The summed E-state index contributed by atoms with van der Waals surface area (Å²) in [6, 6.07) is 15.1. The van der Waals surface area contributed by atoms with Crippen LogP contribution in [-0.4, -0.2) is 11.8 Å². The minimum atomic E-state index is -0.183. The third kappa shape index (κ3) is 3.97. The second-order valence-electron chi connectivity index (χ2n) is 5.98. The van der Waals surface area contributed by atoms with Crippen LogP contribution in [0.4, 0.5) is 5.69 Å². The Morgan fingerprint density at radius 2 is 1.74 bits per heavy atom. The Balaban J connectivity index is 1.66. The van der Waals surface area contributed by atoms with Crippen molar-refractivity contribution in [3.8, 4) is 0 Å². The number of carbonyl (C=O) groups is 2. The van der Waals surface area contributed by atoms with Crippen molar-refractivity contribution in [3.05, 3.63) is 65.2 Å². The average molecular weight is 308 g/mol. The molecule has 1 saturated carbocycles. The maximum absolute atomic E-state index is 12.4. The van der Waals surface area contributed by atoms with Crippen LogP contribution in [0.5, 0.6) is 0 Å². The summed E-state index contributed by atoms with van der Waals surface area (Å²) in [6.07, 6.45) is 1.88. The first-order valence-corrected chi connectivity index (χ1v) is 7.87. The molecule has 1 aliphatic carbocycles. The molecule has 118 valence electrons. The molecule has 3 rings (SSSR count). The lowest BCUT2D eigenvalue weighted by atomic mass is 10.1. The third-order valence-corrected chi connectivity index (χ3v) is 3.95. The van der Waals surface area contributed by atoms with Gasteiger partial charge in [-0.25, -0.2) is 0 Å². The van der Waals surface area contributed by atoms with Crippen molar-refractivity contribution in [2.24, 2.45) is 5.92 Å². The summed E-state index contributed by atoms with van der Waals surface area (Å²) in [7, 11) is 0. The SMILES string of the molecule is Cc1ccc(CNC(=O)c2ccccc2NC(=O)C2CC2)cc1. The molecule has 0 spiro atoms.